The first kappa shape index (κ1) is 17.1. The van der Waals surface area contributed by atoms with E-state index in [2.05, 4.69) is 44.1 Å². The molecule has 23 heavy (non-hydrogen) atoms. The molecule has 0 aliphatic heterocycles. The maximum atomic E-state index is 8.93. The Morgan fingerprint density at radius 2 is 1.78 bits per heavy atom. The lowest BCUT2D eigenvalue weighted by molar-refractivity contribution is 0.688. The molecule has 0 N–H and O–H groups in total. The van der Waals surface area contributed by atoms with Gasteiger partial charge in [-0.25, -0.2) is 9.66 Å². The van der Waals surface area contributed by atoms with Crippen molar-refractivity contribution in [3.8, 4) is 6.07 Å². The molecule has 0 atom stereocenters. The molecule has 0 unspecified atom stereocenters. The molecule has 3 aromatic rings. The quantitative estimate of drug-likeness (QED) is 0.664. The minimum Gasteiger partial charge on any atom is -0.276 e. The Balaban J connectivity index is 0.00000192. The minimum atomic E-state index is 0. The zero-order chi connectivity index (χ0) is 15.4. The van der Waals surface area contributed by atoms with Crippen molar-refractivity contribution in [1.82, 2.24) is 9.66 Å². The highest BCUT2D eigenvalue weighted by Crippen LogP contribution is 2.20. The Bertz CT molecular complexity index is 777. The molecule has 4 nitrogen and oxygen atoms in total. The summed E-state index contributed by atoms with van der Waals surface area (Å²) in [6, 6.07) is 17.9. The molecule has 0 radical (unpaired) electrons. The molecule has 0 bridgehead atoms. The van der Waals surface area contributed by atoms with Crippen LogP contribution in [0.5, 0.6) is 0 Å². The van der Waals surface area contributed by atoms with E-state index in [1.54, 1.807) is 12.5 Å². The lowest BCUT2D eigenvalue weighted by atomic mass is 10.2. The van der Waals surface area contributed by atoms with Crippen molar-refractivity contribution in [2.24, 2.45) is 0 Å². The van der Waals surface area contributed by atoms with Crippen molar-refractivity contribution in [3.63, 3.8) is 0 Å². The summed E-state index contributed by atoms with van der Waals surface area (Å²) in [5, 5.41) is 11.0. The topological polar surface area (TPSA) is 44.9 Å². The molecule has 1 heterocycles. The number of aromatic nitrogens is 2. The van der Waals surface area contributed by atoms with Crippen LogP contribution in [0.4, 0.5) is 5.69 Å². The molecule has 2 aromatic carbocycles. The van der Waals surface area contributed by atoms with E-state index < -0.39 is 0 Å². The highest BCUT2D eigenvalue weighted by molar-refractivity contribution is 9.10. The summed E-state index contributed by atoms with van der Waals surface area (Å²) in [5.74, 6) is 0. The van der Waals surface area contributed by atoms with Gasteiger partial charge in [0, 0.05) is 16.9 Å². The molecule has 0 saturated heterocycles. The fourth-order valence-corrected chi connectivity index (χ4v) is 2.44. The van der Waals surface area contributed by atoms with Crippen LogP contribution < -0.4 is 5.01 Å². The largest absolute Gasteiger partial charge is 0.276 e. The number of anilines is 1. The summed E-state index contributed by atoms with van der Waals surface area (Å²) in [6.45, 7) is 0.704. The van der Waals surface area contributed by atoms with Gasteiger partial charge in [0.15, 0.2) is 0 Å². The number of hydrogen-bond donors (Lipinski definition) is 0. The van der Waals surface area contributed by atoms with E-state index in [0.717, 1.165) is 10.2 Å². The van der Waals surface area contributed by atoms with E-state index in [1.165, 1.54) is 5.56 Å². The van der Waals surface area contributed by atoms with Crippen LogP contribution >= 0.6 is 28.3 Å². The number of imidazole rings is 1. The second kappa shape index (κ2) is 7.82. The summed E-state index contributed by atoms with van der Waals surface area (Å²) in [6.07, 6.45) is 5.41. The first-order valence-corrected chi connectivity index (χ1v) is 7.56. The number of rotatable bonds is 4. The molecular weight excluding hydrogens is 376 g/mol. The number of halogens is 2. The third-order valence-electron chi connectivity index (χ3n) is 3.31. The average Bonchev–Trinajstić information content (AvgIpc) is 3.09. The Morgan fingerprint density at radius 3 is 2.35 bits per heavy atom. The van der Waals surface area contributed by atoms with Gasteiger partial charge in [-0.3, -0.25) is 5.01 Å². The smallest absolute Gasteiger partial charge is 0.114 e. The van der Waals surface area contributed by atoms with Gasteiger partial charge in [0.2, 0.25) is 0 Å². The summed E-state index contributed by atoms with van der Waals surface area (Å²) >= 11 is 3.45. The number of nitrogens with zero attached hydrogens (tertiary/aromatic N) is 4. The predicted molar refractivity (Wildman–Crippen MR) is 96.4 cm³/mol. The molecule has 0 fully saturated rings. The van der Waals surface area contributed by atoms with Crippen molar-refractivity contribution in [1.29, 1.82) is 5.26 Å². The summed E-state index contributed by atoms with van der Waals surface area (Å²) in [4.78, 5) is 4.12. The molecule has 3 rings (SSSR count). The average molecular weight is 390 g/mol. The number of benzene rings is 2. The van der Waals surface area contributed by atoms with Crippen molar-refractivity contribution >= 4 is 34.0 Å². The maximum Gasteiger partial charge on any atom is 0.114 e. The van der Waals surface area contributed by atoms with Crippen LogP contribution in [-0.4, -0.2) is 9.66 Å². The van der Waals surface area contributed by atoms with Crippen molar-refractivity contribution in [2.75, 3.05) is 5.01 Å². The van der Waals surface area contributed by atoms with Crippen LogP contribution in [0.25, 0.3) is 0 Å². The molecule has 0 spiro atoms. The Hall–Kier alpha value is -2.29. The van der Waals surface area contributed by atoms with Gasteiger partial charge in [0.1, 0.15) is 6.33 Å². The van der Waals surface area contributed by atoms with Crippen LogP contribution in [0, 0.1) is 11.3 Å². The Morgan fingerprint density at radius 1 is 1.09 bits per heavy atom. The molecular formula is C17H14BrClN4. The Labute approximate surface area is 149 Å². The summed E-state index contributed by atoms with van der Waals surface area (Å²) in [7, 11) is 0. The number of nitriles is 1. The third-order valence-corrected chi connectivity index (χ3v) is 3.84. The zero-order valence-corrected chi connectivity index (χ0v) is 14.5. The van der Waals surface area contributed by atoms with Gasteiger partial charge >= 0.3 is 0 Å². The van der Waals surface area contributed by atoms with Gasteiger partial charge in [0.05, 0.1) is 23.9 Å². The molecule has 0 aliphatic rings. The van der Waals surface area contributed by atoms with Gasteiger partial charge in [0.25, 0.3) is 0 Å². The van der Waals surface area contributed by atoms with Crippen LogP contribution in [0.3, 0.4) is 0 Å². The fourth-order valence-electron chi connectivity index (χ4n) is 2.17. The highest BCUT2D eigenvalue weighted by atomic mass is 79.9. The van der Waals surface area contributed by atoms with E-state index in [1.807, 2.05) is 47.3 Å². The number of hydrogen-bond acceptors (Lipinski definition) is 3. The molecule has 116 valence electrons. The first-order chi connectivity index (χ1) is 10.8. The second-order valence-corrected chi connectivity index (χ2v) is 5.70. The first-order valence-electron chi connectivity index (χ1n) is 6.76. The van der Waals surface area contributed by atoms with Crippen molar-refractivity contribution < 1.29 is 0 Å². The third kappa shape index (κ3) is 4.13. The molecule has 6 heteroatoms. The predicted octanol–water partition coefficient (Wildman–Crippen LogP) is 4.41. The normalized spacial score (nSPS) is 9.74. The van der Waals surface area contributed by atoms with Gasteiger partial charge in [-0.05, 0) is 42.0 Å². The SMILES string of the molecule is Cl.N#Cc1ccc(N(Cc2ccc(Br)cc2)n2ccnc2)cc1. The van der Waals surface area contributed by atoms with Gasteiger partial charge in [-0.2, -0.15) is 5.26 Å². The lowest BCUT2D eigenvalue weighted by Gasteiger charge is -2.25. The molecule has 0 amide bonds. The van der Waals surface area contributed by atoms with Gasteiger partial charge in [-0.15, -0.1) is 12.4 Å². The van der Waals surface area contributed by atoms with E-state index >= 15 is 0 Å². The second-order valence-electron chi connectivity index (χ2n) is 4.79. The standard InChI is InChI=1S/C17H13BrN4.ClH/c18-16-5-1-15(2-6-16)12-22(21-10-9-20-13-21)17-7-3-14(11-19)4-8-17;/h1-10,13H,12H2;1H. The monoisotopic (exact) mass is 388 g/mol. The van der Waals surface area contributed by atoms with Crippen molar-refractivity contribution in [2.45, 2.75) is 6.54 Å². The van der Waals surface area contributed by atoms with Crippen molar-refractivity contribution in [3.05, 3.63) is 82.9 Å². The summed E-state index contributed by atoms with van der Waals surface area (Å²) in [5.41, 5.74) is 2.83. The molecule has 0 aliphatic carbocycles. The summed E-state index contributed by atoms with van der Waals surface area (Å²) < 4.78 is 2.99. The van der Waals surface area contributed by atoms with Gasteiger partial charge < -0.3 is 0 Å². The fraction of sp³-hybridized carbons (Fsp3) is 0.0588. The Kier molecular flexibility index (Phi) is 5.80. The van der Waals surface area contributed by atoms with E-state index in [4.69, 9.17) is 5.26 Å². The molecule has 0 saturated carbocycles. The van der Waals surface area contributed by atoms with Crippen LogP contribution in [0.2, 0.25) is 0 Å². The molecule has 1 aromatic heterocycles. The van der Waals surface area contributed by atoms with Gasteiger partial charge in [-0.1, -0.05) is 28.1 Å². The van der Waals surface area contributed by atoms with Crippen LogP contribution in [-0.2, 0) is 6.54 Å². The van der Waals surface area contributed by atoms with E-state index in [0.29, 0.717) is 12.1 Å². The minimum absolute atomic E-state index is 0. The van der Waals surface area contributed by atoms with E-state index in [-0.39, 0.29) is 12.4 Å². The zero-order valence-electron chi connectivity index (χ0n) is 12.1. The lowest BCUT2D eigenvalue weighted by Crippen LogP contribution is -2.27. The highest BCUT2D eigenvalue weighted by Gasteiger charge is 2.09. The van der Waals surface area contributed by atoms with Crippen LogP contribution in [0.15, 0.2) is 71.7 Å². The maximum absolute atomic E-state index is 8.93. The van der Waals surface area contributed by atoms with E-state index in [9.17, 15) is 0 Å². The van der Waals surface area contributed by atoms with Crippen LogP contribution in [0.1, 0.15) is 11.1 Å².